The highest BCUT2D eigenvalue weighted by atomic mass is 35.5. The summed E-state index contributed by atoms with van der Waals surface area (Å²) in [7, 11) is 0. The summed E-state index contributed by atoms with van der Waals surface area (Å²) in [6, 6.07) is 5.11. The van der Waals surface area contributed by atoms with Crippen LogP contribution in [0.2, 0.25) is 10.0 Å². The van der Waals surface area contributed by atoms with Crippen molar-refractivity contribution in [1.29, 1.82) is 0 Å². The van der Waals surface area contributed by atoms with Crippen LogP contribution in [0.1, 0.15) is 43.6 Å². The van der Waals surface area contributed by atoms with E-state index in [0.717, 1.165) is 12.0 Å². The monoisotopic (exact) mass is 313 g/mol. The van der Waals surface area contributed by atoms with Gasteiger partial charge in [-0.05, 0) is 23.6 Å². The van der Waals surface area contributed by atoms with E-state index in [1.54, 1.807) is 12.1 Å². The van der Waals surface area contributed by atoms with Gasteiger partial charge in [-0.3, -0.25) is 0 Å². The van der Waals surface area contributed by atoms with E-state index >= 15 is 0 Å². The van der Waals surface area contributed by atoms with Gasteiger partial charge in [-0.1, -0.05) is 54.7 Å². The van der Waals surface area contributed by atoms with Gasteiger partial charge in [0.2, 0.25) is 5.89 Å². The van der Waals surface area contributed by atoms with Crippen LogP contribution in [-0.4, -0.2) is 10.1 Å². The van der Waals surface area contributed by atoms with E-state index in [1.165, 1.54) is 0 Å². The summed E-state index contributed by atoms with van der Waals surface area (Å²) in [6.07, 6.45) is 1.45. The van der Waals surface area contributed by atoms with E-state index in [1.807, 2.05) is 6.07 Å². The van der Waals surface area contributed by atoms with Crippen LogP contribution in [0.25, 0.3) is 0 Å². The third-order valence-corrected chi connectivity index (χ3v) is 3.98. The molecule has 0 aliphatic carbocycles. The lowest BCUT2D eigenvalue weighted by atomic mass is 10.0. The summed E-state index contributed by atoms with van der Waals surface area (Å²) < 4.78 is 5.23. The zero-order valence-electron chi connectivity index (χ0n) is 11.4. The molecular weight excluding hydrogens is 297 g/mol. The minimum atomic E-state index is -0.234. The lowest BCUT2D eigenvalue weighted by Crippen LogP contribution is -2.18. The first-order valence-electron chi connectivity index (χ1n) is 6.53. The van der Waals surface area contributed by atoms with Crippen LogP contribution in [-0.2, 0) is 6.42 Å². The predicted octanol–water partition coefficient (Wildman–Crippen LogP) is 4.01. The summed E-state index contributed by atoms with van der Waals surface area (Å²) in [6.45, 7) is 4.14. The Bertz CT molecular complexity index is 586. The van der Waals surface area contributed by atoms with Crippen LogP contribution in [0.15, 0.2) is 22.7 Å². The van der Waals surface area contributed by atoms with Gasteiger partial charge in [0.25, 0.3) is 0 Å². The smallest absolute Gasteiger partial charge is 0.243 e. The van der Waals surface area contributed by atoms with Gasteiger partial charge in [0.15, 0.2) is 5.82 Å². The minimum absolute atomic E-state index is 0.234. The van der Waals surface area contributed by atoms with Crippen molar-refractivity contribution < 1.29 is 4.52 Å². The van der Waals surface area contributed by atoms with E-state index in [-0.39, 0.29) is 6.04 Å². The van der Waals surface area contributed by atoms with Crippen LogP contribution in [0.4, 0.5) is 0 Å². The molecule has 1 aromatic heterocycles. The van der Waals surface area contributed by atoms with Crippen molar-refractivity contribution in [3.63, 3.8) is 0 Å². The number of nitrogens with two attached hydrogens (primary N) is 1. The van der Waals surface area contributed by atoms with Crippen LogP contribution < -0.4 is 5.73 Å². The number of halogens is 2. The maximum absolute atomic E-state index is 6.13. The highest BCUT2D eigenvalue weighted by Crippen LogP contribution is 2.24. The average Bonchev–Trinajstić information content (AvgIpc) is 2.88. The van der Waals surface area contributed by atoms with Gasteiger partial charge >= 0.3 is 0 Å². The second kappa shape index (κ2) is 6.57. The summed E-state index contributed by atoms with van der Waals surface area (Å²) in [5.74, 6) is 1.34. The number of aromatic nitrogens is 2. The molecule has 0 bridgehead atoms. The van der Waals surface area contributed by atoms with Crippen molar-refractivity contribution in [2.24, 2.45) is 11.7 Å². The SMILES string of the molecule is CCC(C)C(N)c1nc(Cc2ccc(Cl)cc2Cl)no1. The topological polar surface area (TPSA) is 64.9 Å². The molecule has 2 unspecified atom stereocenters. The number of rotatable bonds is 5. The molecule has 2 N–H and O–H groups in total. The van der Waals surface area contributed by atoms with E-state index in [0.29, 0.717) is 34.1 Å². The zero-order chi connectivity index (χ0) is 14.7. The number of hydrogen-bond acceptors (Lipinski definition) is 4. The fourth-order valence-corrected chi connectivity index (χ4v) is 2.28. The summed E-state index contributed by atoms with van der Waals surface area (Å²) >= 11 is 12.0. The fraction of sp³-hybridized carbons (Fsp3) is 0.429. The highest BCUT2D eigenvalue weighted by Gasteiger charge is 2.20. The number of benzene rings is 1. The number of nitrogens with zero attached hydrogens (tertiary/aromatic N) is 2. The molecule has 0 radical (unpaired) electrons. The lowest BCUT2D eigenvalue weighted by Gasteiger charge is -2.12. The predicted molar refractivity (Wildman–Crippen MR) is 79.9 cm³/mol. The maximum atomic E-state index is 6.13. The van der Waals surface area contributed by atoms with Gasteiger partial charge in [0.05, 0.1) is 6.04 Å². The largest absolute Gasteiger partial charge is 0.338 e. The van der Waals surface area contributed by atoms with Crippen molar-refractivity contribution in [2.45, 2.75) is 32.7 Å². The molecule has 0 amide bonds. The Morgan fingerprint density at radius 2 is 2.10 bits per heavy atom. The first-order chi connectivity index (χ1) is 9.51. The highest BCUT2D eigenvalue weighted by molar-refractivity contribution is 6.35. The summed E-state index contributed by atoms with van der Waals surface area (Å²) in [5, 5.41) is 5.15. The molecule has 2 atom stereocenters. The molecule has 0 saturated heterocycles. The van der Waals surface area contributed by atoms with Crippen LogP contribution in [0.5, 0.6) is 0 Å². The maximum Gasteiger partial charge on any atom is 0.243 e. The lowest BCUT2D eigenvalue weighted by molar-refractivity contribution is 0.310. The Labute approximate surface area is 128 Å². The molecule has 0 saturated carbocycles. The molecule has 0 aliphatic rings. The quantitative estimate of drug-likeness (QED) is 0.905. The molecule has 2 aromatic rings. The fourth-order valence-electron chi connectivity index (χ4n) is 1.81. The third kappa shape index (κ3) is 3.51. The summed E-state index contributed by atoms with van der Waals surface area (Å²) in [4.78, 5) is 4.34. The minimum Gasteiger partial charge on any atom is -0.338 e. The molecule has 2 rings (SSSR count). The third-order valence-electron chi connectivity index (χ3n) is 3.39. The Balaban J connectivity index is 2.13. The molecule has 20 heavy (non-hydrogen) atoms. The van der Waals surface area contributed by atoms with Gasteiger partial charge < -0.3 is 10.3 Å². The van der Waals surface area contributed by atoms with Gasteiger partial charge in [0.1, 0.15) is 0 Å². The van der Waals surface area contributed by atoms with Gasteiger partial charge in [0, 0.05) is 16.5 Å². The standard InChI is InChI=1S/C14H17Cl2N3O/c1-3-8(2)13(17)14-18-12(19-20-14)6-9-4-5-10(15)7-11(9)16/h4-5,7-8,13H,3,6,17H2,1-2H3. The van der Waals surface area contributed by atoms with Crippen LogP contribution in [0.3, 0.4) is 0 Å². The second-order valence-electron chi connectivity index (χ2n) is 4.87. The first kappa shape index (κ1) is 15.3. The molecule has 1 heterocycles. The van der Waals surface area contributed by atoms with Crippen LogP contribution in [0, 0.1) is 5.92 Å². The molecule has 4 nitrogen and oxygen atoms in total. The van der Waals surface area contributed by atoms with E-state index in [2.05, 4.69) is 24.0 Å². The van der Waals surface area contributed by atoms with Crippen LogP contribution >= 0.6 is 23.2 Å². The normalized spacial score (nSPS) is 14.2. The van der Waals surface area contributed by atoms with Crippen molar-refractivity contribution in [1.82, 2.24) is 10.1 Å². The van der Waals surface area contributed by atoms with E-state index < -0.39 is 0 Å². The Hall–Kier alpha value is -1.10. The molecule has 0 fully saturated rings. The molecular formula is C14H17Cl2N3O. The molecule has 6 heteroatoms. The molecule has 0 aliphatic heterocycles. The van der Waals surface area contributed by atoms with Gasteiger partial charge in [-0.15, -0.1) is 0 Å². The Kier molecular flexibility index (Phi) is 5.02. The second-order valence-corrected chi connectivity index (χ2v) is 5.72. The molecule has 0 spiro atoms. The Morgan fingerprint density at radius 3 is 2.75 bits per heavy atom. The Morgan fingerprint density at radius 1 is 1.35 bits per heavy atom. The van der Waals surface area contributed by atoms with Crippen molar-refractivity contribution >= 4 is 23.2 Å². The van der Waals surface area contributed by atoms with E-state index in [9.17, 15) is 0 Å². The first-order valence-corrected chi connectivity index (χ1v) is 7.28. The molecule has 108 valence electrons. The zero-order valence-corrected chi connectivity index (χ0v) is 12.9. The van der Waals surface area contributed by atoms with Gasteiger partial charge in [-0.2, -0.15) is 4.98 Å². The van der Waals surface area contributed by atoms with Crippen molar-refractivity contribution in [3.8, 4) is 0 Å². The summed E-state index contributed by atoms with van der Waals surface area (Å²) in [5.41, 5.74) is 6.97. The van der Waals surface area contributed by atoms with E-state index in [4.69, 9.17) is 33.5 Å². The van der Waals surface area contributed by atoms with Gasteiger partial charge in [-0.25, -0.2) is 0 Å². The molecule has 1 aromatic carbocycles. The average molecular weight is 314 g/mol. The number of hydrogen-bond donors (Lipinski definition) is 1. The van der Waals surface area contributed by atoms with Crippen molar-refractivity contribution in [3.05, 3.63) is 45.5 Å². The van der Waals surface area contributed by atoms with Crippen molar-refractivity contribution in [2.75, 3.05) is 0 Å².